The topological polar surface area (TPSA) is 132 Å². The van der Waals surface area contributed by atoms with Crippen LogP contribution in [0.25, 0.3) is 0 Å². The highest BCUT2D eigenvalue weighted by atomic mass is 33.1. The van der Waals surface area contributed by atoms with E-state index in [2.05, 4.69) is 10.3 Å². The number of nitrogens with one attached hydrogen (secondary N) is 1. The van der Waals surface area contributed by atoms with Gasteiger partial charge in [-0.3, -0.25) is 14.7 Å². The Kier molecular flexibility index (Phi) is 7.36. The predicted molar refractivity (Wildman–Crippen MR) is 77.9 cm³/mol. The first kappa shape index (κ1) is 17.6. The molecule has 0 amide bonds. The van der Waals surface area contributed by atoms with Gasteiger partial charge in [-0.2, -0.15) is 8.42 Å². The first-order chi connectivity index (χ1) is 9.90. The van der Waals surface area contributed by atoms with Crippen molar-refractivity contribution in [3.05, 3.63) is 28.4 Å². The number of hydrogen-bond acceptors (Lipinski definition) is 8. The molecule has 0 saturated carbocycles. The Bertz CT molecular complexity index is 566. The fourth-order valence-corrected chi connectivity index (χ4v) is 2.66. The zero-order valence-electron chi connectivity index (χ0n) is 11.0. The van der Waals surface area contributed by atoms with Crippen molar-refractivity contribution in [2.45, 2.75) is 6.42 Å². The summed E-state index contributed by atoms with van der Waals surface area (Å²) in [5, 5.41) is 13.7. The summed E-state index contributed by atoms with van der Waals surface area (Å²) in [6.45, 7) is 1.21. The van der Waals surface area contributed by atoms with Crippen LogP contribution in [0.5, 0.6) is 5.88 Å². The first-order valence-corrected chi connectivity index (χ1v) is 8.89. The molecule has 0 unspecified atom stereocenters. The van der Waals surface area contributed by atoms with E-state index in [0.29, 0.717) is 30.3 Å². The smallest absolute Gasteiger partial charge is 0.330 e. The van der Waals surface area contributed by atoms with Crippen molar-refractivity contribution in [1.82, 2.24) is 10.3 Å². The molecule has 0 bridgehead atoms. The molecule has 0 aliphatic heterocycles. The van der Waals surface area contributed by atoms with Crippen LogP contribution in [-0.4, -0.2) is 48.3 Å². The van der Waals surface area contributed by atoms with E-state index >= 15 is 0 Å². The van der Waals surface area contributed by atoms with Crippen molar-refractivity contribution >= 4 is 25.6 Å². The van der Waals surface area contributed by atoms with Gasteiger partial charge in [0, 0.05) is 24.6 Å². The van der Waals surface area contributed by atoms with Crippen LogP contribution >= 0.6 is 10.8 Å². The Labute approximate surface area is 125 Å². The molecule has 1 heterocycles. The van der Waals surface area contributed by atoms with Crippen LogP contribution in [0.3, 0.4) is 0 Å². The molecule has 9 nitrogen and oxygen atoms in total. The van der Waals surface area contributed by atoms with E-state index in [-0.39, 0.29) is 23.9 Å². The van der Waals surface area contributed by atoms with Crippen LogP contribution < -0.4 is 10.1 Å². The number of ether oxygens (including phenoxy) is 1. The Hall–Kier alpha value is -1.43. The highest BCUT2D eigenvalue weighted by Crippen LogP contribution is 2.22. The number of aromatic nitrogens is 1. The van der Waals surface area contributed by atoms with Gasteiger partial charge in [0.15, 0.2) is 0 Å². The molecule has 0 fully saturated rings. The van der Waals surface area contributed by atoms with Gasteiger partial charge in [0.25, 0.3) is 5.88 Å². The van der Waals surface area contributed by atoms with Crippen molar-refractivity contribution in [3.8, 4) is 5.88 Å². The molecule has 0 radical (unpaired) electrons. The molecule has 118 valence electrons. The minimum Gasteiger partial charge on any atom is -0.473 e. The van der Waals surface area contributed by atoms with Crippen LogP contribution in [0.15, 0.2) is 18.3 Å². The fraction of sp³-hybridized carbons (Fsp3) is 0.500. The molecule has 21 heavy (non-hydrogen) atoms. The fourth-order valence-electron chi connectivity index (χ4n) is 1.34. The molecule has 1 aromatic heterocycles. The number of pyridine rings is 1. The molecule has 0 saturated heterocycles. The normalized spacial score (nSPS) is 11.3. The molecular formula is C10H15N3O6S2. The Morgan fingerprint density at radius 3 is 2.90 bits per heavy atom. The van der Waals surface area contributed by atoms with E-state index in [1.54, 1.807) is 0 Å². The summed E-state index contributed by atoms with van der Waals surface area (Å²) in [7, 11) is -3.54. The molecule has 0 atom stereocenters. The molecule has 0 aromatic carbocycles. The number of hydrogen-bond donors (Lipinski definition) is 2. The molecule has 1 aromatic rings. The minimum atomic E-state index is -3.99. The van der Waals surface area contributed by atoms with Gasteiger partial charge in [-0.15, -0.1) is 0 Å². The number of nitrogens with zero attached hydrogens (tertiary/aromatic N) is 2. The van der Waals surface area contributed by atoms with Crippen LogP contribution in [0.1, 0.15) is 6.42 Å². The maximum Gasteiger partial charge on any atom is 0.330 e. The van der Waals surface area contributed by atoms with Crippen molar-refractivity contribution in [2.75, 3.05) is 25.4 Å². The molecular weight excluding hydrogens is 322 g/mol. The minimum absolute atomic E-state index is 0.0237. The van der Waals surface area contributed by atoms with Gasteiger partial charge in [0.2, 0.25) is 0 Å². The largest absolute Gasteiger partial charge is 0.473 e. The van der Waals surface area contributed by atoms with E-state index in [9.17, 15) is 18.5 Å². The average Bonchev–Trinajstić information content (AvgIpc) is 2.41. The maximum absolute atomic E-state index is 10.7. The summed E-state index contributed by atoms with van der Waals surface area (Å²) < 4.78 is 34.5. The molecule has 0 spiro atoms. The van der Waals surface area contributed by atoms with Gasteiger partial charge in [0.05, 0.1) is 11.5 Å². The van der Waals surface area contributed by atoms with E-state index in [0.717, 1.165) is 0 Å². The van der Waals surface area contributed by atoms with Crippen LogP contribution in [0.4, 0.5) is 5.69 Å². The standard InChI is InChI=1S/C10H15N3O6S2/c14-13(15)9-3-1-5-12-10(9)19-7-2-4-11-6-8-20-21(16,17)18/h1,3,5,11H,2,4,6-8H2,(H,16,17,18). The molecule has 11 heteroatoms. The van der Waals surface area contributed by atoms with Gasteiger partial charge in [0.1, 0.15) is 0 Å². The third-order valence-electron chi connectivity index (χ3n) is 2.20. The lowest BCUT2D eigenvalue weighted by molar-refractivity contribution is -0.386. The quantitative estimate of drug-likeness (QED) is 0.210. The Morgan fingerprint density at radius 2 is 2.24 bits per heavy atom. The molecule has 1 rings (SSSR count). The van der Waals surface area contributed by atoms with Crippen LogP contribution in [0.2, 0.25) is 0 Å². The summed E-state index contributed by atoms with van der Waals surface area (Å²) in [5.74, 6) is 0.204. The Balaban J connectivity index is 2.16. The summed E-state index contributed by atoms with van der Waals surface area (Å²) in [5.41, 5.74) is -0.185. The lowest BCUT2D eigenvalue weighted by Crippen LogP contribution is -2.20. The number of rotatable bonds is 10. The number of nitro groups is 1. The summed E-state index contributed by atoms with van der Waals surface area (Å²) in [6, 6.07) is 2.77. The SMILES string of the molecule is O=[N+]([O-])c1cccnc1OCCCNCCSS(=O)(=O)O. The molecule has 2 N–H and O–H groups in total. The third-order valence-corrected chi connectivity index (χ3v) is 4.26. The van der Waals surface area contributed by atoms with Gasteiger partial charge >= 0.3 is 14.8 Å². The van der Waals surface area contributed by atoms with Gasteiger partial charge in [-0.1, -0.05) is 0 Å². The highest BCUT2D eigenvalue weighted by molar-refractivity contribution is 8.69. The van der Waals surface area contributed by atoms with E-state index < -0.39 is 14.1 Å². The molecule has 0 aliphatic rings. The summed E-state index contributed by atoms with van der Waals surface area (Å²) in [6.07, 6.45) is 1.98. The monoisotopic (exact) mass is 337 g/mol. The lowest BCUT2D eigenvalue weighted by Gasteiger charge is -2.06. The van der Waals surface area contributed by atoms with Crippen molar-refractivity contribution < 1.29 is 22.6 Å². The maximum atomic E-state index is 10.7. The van der Waals surface area contributed by atoms with Crippen LogP contribution in [-0.2, 0) is 9.15 Å². The van der Waals surface area contributed by atoms with Crippen molar-refractivity contribution in [2.24, 2.45) is 0 Å². The zero-order valence-corrected chi connectivity index (χ0v) is 12.6. The summed E-state index contributed by atoms with van der Waals surface area (Å²) >= 11 is 0. The van der Waals surface area contributed by atoms with Gasteiger partial charge < -0.3 is 10.1 Å². The van der Waals surface area contributed by atoms with E-state index in [1.807, 2.05) is 0 Å². The first-order valence-electron chi connectivity index (χ1n) is 5.95. The summed E-state index contributed by atoms with van der Waals surface area (Å²) in [4.78, 5) is 13.9. The second kappa shape index (κ2) is 8.77. The highest BCUT2D eigenvalue weighted by Gasteiger charge is 2.14. The second-order valence-corrected chi connectivity index (χ2v) is 7.26. The third kappa shape index (κ3) is 7.80. The van der Waals surface area contributed by atoms with Gasteiger partial charge in [-0.25, -0.2) is 4.98 Å². The van der Waals surface area contributed by atoms with Crippen molar-refractivity contribution in [1.29, 1.82) is 0 Å². The van der Waals surface area contributed by atoms with Gasteiger partial charge in [-0.05, 0) is 29.8 Å². The zero-order chi connectivity index (χ0) is 15.7. The lowest BCUT2D eigenvalue weighted by atomic mass is 10.4. The van der Waals surface area contributed by atoms with E-state index in [1.165, 1.54) is 18.3 Å². The van der Waals surface area contributed by atoms with Crippen molar-refractivity contribution in [3.63, 3.8) is 0 Å². The second-order valence-electron chi connectivity index (χ2n) is 3.79. The molecule has 0 aliphatic carbocycles. The van der Waals surface area contributed by atoms with Crippen LogP contribution in [0, 0.1) is 10.1 Å². The Morgan fingerprint density at radius 1 is 1.48 bits per heavy atom. The average molecular weight is 337 g/mol. The van der Waals surface area contributed by atoms with E-state index in [4.69, 9.17) is 9.29 Å². The predicted octanol–water partition coefficient (Wildman–Crippen LogP) is 0.884.